The predicted molar refractivity (Wildman–Crippen MR) is 88.0 cm³/mol. The molecule has 2 aliphatic carbocycles. The Bertz CT molecular complexity index is 470. The quantitative estimate of drug-likeness (QED) is 0.811. The van der Waals surface area contributed by atoms with Crippen molar-refractivity contribution in [3.05, 3.63) is 28.8 Å². The Balaban J connectivity index is 1.81. The molecular weight excluding hydrogens is 284 g/mol. The maximum atomic E-state index is 9.45. The van der Waals surface area contributed by atoms with Crippen LogP contribution in [0.5, 0.6) is 0 Å². The minimum atomic E-state index is 0.203. The molecule has 2 fully saturated rings. The van der Waals surface area contributed by atoms with E-state index >= 15 is 0 Å². The summed E-state index contributed by atoms with van der Waals surface area (Å²) in [7, 11) is 0. The second kappa shape index (κ2) is 6.99. The molecule has 116 valence electrons. The van der Waals surface area contributed by atoms with Crippen molar-refractivity contribution < 1.29 is 5.11 Å². The van der Waals surface area contributed by atoms with Crippen molar-refractivity contribution >= 4 is 17.3 Å². The molecule has 0 bridgehead atoms. The minimum absolute atomic E-state index is 0.203. The molecule has 1 aromatic rings. The van der Waals surface area contributed by atoms with E-state index in [4.69, 9.17) is 11.6 Å². The summed E-state index contributed by atoms with van der Waals surface area (Å²) < 4.78 is 0. The summed E-state index contributed by atoms with van der Waals surface area (Å²) in [6.07, 6.45) is 7.65. The van der Waals surface area contributed by atoms with E-state index < -0.39 is 0 Å². The number of nitrogens with zero attached hydrogens (tertiary/aromatic N) is 1. The first-order valence-electron chi connectivity index (χ1n) is 8.17. The molecule has 21 heavy (non-hydrogen) atoms. The van der Waals surface area contributed by atoms with E-state index in [0.29, 0.717) is 18.6 Å². The van der Waals surface area contributed by atoms with E-state index in [1.165, 1.54) is 49.8 Å². The molecule has 3 nitrogen and oxygen atoms in total. The highest BCUT2D eigenvalue weighted by molar-refractivity contribution is 6.30. The fourth-order valence-electron chi connectivity index (χ4n) is 3.34. The molecule has 0 saturated heterocycles. The van der Waals surface area contributed by atoms with Crippen molar-refractivity contribution in [3.8, 4) is 0 Å². The van der Waals surface area contributed by atoms with Crippen molar-refractivity contribution in [2.45, 2.75) is 57.2 Å². The molecule has 4 heteroatoms. The first kappa shape index (κ1) is 15.1. The van der Waals surface area contributed by atoms with Gasteiger partial charge in [0.25, 0.3) is 0 Å². The Morgan fingerprint density at radius 3 is 2.62 bits per heavy atom. The highest BCUT2D eigenvalue weighted by atomic mass is 35.5. The van der Waals surface area contributed by atoms with Crippen molar-refractivity contribution in [3.63, 3.8) is 0 Å². The third-order valence-corrected chi connectivity index (χ3v) is 4.85. The zero-order valence-corrected chi connectivity index (χ0v) is 13.3. The van der Waals surface area contributed by atoms with Gasteiger partial charge in [-0.3, -0.25) is 0 Å². The molecule has 0 heterocycles. The van der Waals surface area contributed by atoms with Gasteiger partial charge >= 0.3 is 0 Å². The van der Waals surface area contributed by atoms with Crippen molar-refractivity contribution in [1.29, 1.82) is 0 Å². The van der Waals surface area contributed by atoms with Crippen molar-refractivity contribution in [1.82, 2.24) is 5.32 Å². The number of hydrogen-bond acceptors (Lipinski definition) is 3. The summed E-state index contributed by atoms with van der Waals surface area (Å²) in [5.74, 6) is 0. The number of halogens is 1. The number of benzene rings is 1. The van der Waals surface area contributed by atoms with Gasteiger partial charge in [0.1, 0.15) is 0 Å². The van der Waals surface area contributed by atoms with Crippen LogP contribution in [0.4, 0.5) is 5.69 Å². The summed E-state index contributed by atoms with van der Waals surface area (Å²) in [6.45, 7) is 1.78. The Labute approximate surface area is 132 Å². The van der Waals surface area contributed by atoms with Gasteiger partial charge in [0, 0.05) is 35.9 Å². The van der Waals surface area contributed by atoms with E-state index in [1.807, 2.05) is 6.07 Å². The Kier molecular flexibility index (Phi) is 5.04. The first-order valence-corrected chi connectivity index (χ1v) is 8.55. The van der Waals surface area contributed by atoms with Gasteiger partial charge in [-0.1, -0.05) is 24.4 Å². The lowest BCUT2D eigenvalue weighted by atomic mass is 10.1. The van der Waals surface area contributed by atoms with E-state index in [-0.39, 0.29) is 6.61 Å². The monoisotopic (exact) mass is 308 g/mol. The topological polar surface area (TPSA) is 35.5 Å². The van der Waals surface area contributed by atoms with Crippen LogP contribution in [0.3, 0.4) is 0 Å². The van der Waals surface area contributed by atoms with Crippen LogP contribution in [0.2, 0.25) is 5.02 Å². The molecular formula is C17H25ClN2O. The van der Waals surface area contributed by atoms with Gasteiger partial charge in [0.05, 0.1) is 6.61 Å². The van der Waals surface area contributed by atoms with Crippen LogP contribution in [-0.4, -0.2) is 30.3 Å². The molecule has 0 atom stereocenters. The maximum absolute atomic E-state index is 9.45. The van der Waals surface area contributed by atoms with Gasteiger partial charge in [-0.25, -0.2) is 0 Å². The zero-order valence-electron chi connectivity index (χ0n) is 12.5. The Hall–Kier alpha value is -0.770. The standard InChI is InChI=1S/C17H25ClN2O/c18-14-5-8-17(13(11-14)12-19-15-6-7-15)20(9-10-21)16-3-1-2-4-16/h5,8,11,15-16,19,21H,1-4,6-7,9-10,12H2. The molecule has 0 aromatic heterocycles. The summed E-state index contributed by atoms with van der Waals surface area (Å²) in [5.41, 5.74) is 2.50. The summed E-state index contributed by atoms with van der Waals surface area (Å²) in [4.78, 5) is 2.40. The SMILES string of the molecule is OCCN(c1ccc(Cl)cc1CNC1CC1)C1CCCC1. The molecule has 0 radical (unpaired) electrons. The number of hydrogen-bond donors (Lipinski definition) is 2. The fourth-order valence-corrected chi connectivity index (χ4v) is 3.54. The van der Waals surface area contributed by atoms with Gasteiger partial charge in [0.2, 0.25) is 0 Å². The highest BCUT2D eigenvalue weighted by Crippen LogP contribution is 2.32. The Morgan fingerprint density at radius 1 is 1.19 bits per heavy atom. The lowest BCUT2D eigenvalue weighted by Crippen LogP contribution is -2.36. The second-order valence-corrected chi connectivity index (χ2v) is 6.72. The van der Waals surface area contributed by atoms with Gasteiger partial charge in [-0.05, 0) is 49.4 Å². The van der Waals surface area contributed by atoms with Crippen LogP contribution in [0.15, 0.2) is 18.2 Å². The molecule has 0 spiro atoms. The molecule has 2 N–H and O–H groups in total. The predicted octanol–water partition coefficient (Wildman–Crippen LogP) is 3.33. The molecule has 2 aliphatic rings. The number of aliphatic hydroxyl groups excluding tert-OH is 1. The first-order chi connectivity index (χ1) is 10.3. The van der Waals surface area contributed by atoms with Crippen molar-refractivity contribution in [2.24, 2.45) is 0 Å². The maximum Gasteiger partial charge on any atom is 0.0606 e. The smallest absolute Gasteiger partial charge is 0.0606 e. The van der Waals surface area contributed by atoms with Gasteiger partial charge < -0.3 is 15.3 Å². The molecule has 2 saturated carbocycles. The molecule has 1 aromatic carbocycles. The molecule has 3 rings (SSSR count). The number of anilines is 1. The summed E-state index contributed by atoms with van der Waals surface area (Å²) in [5, 5.41) is 13.8. The lowest BCUT2D eigenvalue weighted by molar-refractivity contribution is 0.297. The fraction of sp³-hybridized carbons (Fsp3) is 0.647. The van der Waals surface area contributed by atoms with Crippen LogP contribution in [-0.2, 0) is 6.54 Å². The summed E-state index contributed by atoms with van der Waals surface area (Å²) >= 11 is 6.19. The van der Waals surface area contributed by atoms with Crippen LogP contribution >= 0.6 is 11.6 Å². The van der Waals surface area contributed by atoms with E-state index in [1.54, 1.807) is 0 Å². The average Bonchev–Trinajstić information content (AvgIpc) is 3.16. The van der Waals surface area contributed by atoms with Crippen LogP contribution < -0.4 is 10.2 Å². The minimum Gasteiger partial charge on any atom is -0.395 e. The Morgan fingerprint density at radius 2 is 1.95 bits per heavy atom. The molecule has 0 aliphatic heterocycles. The molecule has 0 unspecified atom stereocenters. The van der Waals surface area contributed by atoms with E-state index in [2.05, 4.69) is 22.3 Å². The highest BCUT2D eigenvalue weighted by Gasteiger charge is 2.25. The number of aliphatic hydroxyl groups is 1. The summed E-state index contributed by atoms with van der Waals surface area (Å²) in [6, 6.07) is 7.43. The largest absolute Gasteiger partial charge is 0.395 e. The van der Waals surface area contributed by atoms with E-state index in [0.717, 1.165) is 11.6 Å². The van der Waals surface area contributed by atoms with Crippen LogP contribution in [0, 0.1) is 0 Å². The third-order valence-electron chi connectivity index (χ3n) is 4.62. The number of nitrogens with one attached hydrogen (secondary N) is 1. The van der Waals surface area contributed by atoms with Crippen LogP contribution in [0.1, 0.15) is 44.1 Å². The van der Waals surface area contributed by atoms with Gasteiger partial charge in [0.15, 0.2) is 0 Å². The van der Waals surface area contributed by atoms with Gasteiger partial charge in [-0.15, -0.1) is 0 Å². The number of rotatable bonds is 7. The third kappa shape index (κ3) is 3.91. The lowest BCUT2D eigenvalue weighted by Gasteiger charge is -2.32. The average molecular weight is 309 g/mol. The molecule has 0 amide bonds. The second-order valence-electron chi connectivity index (χ2n) is 6.28. The normalized spacial score (nSPS) is 19.1. The van der Waals surface area contributed by atoms with Crippen LogP contribution in [0.25, 0.3) is 0 Å². The van der Waals surface area contributed by atoms with Gasteiger partial charge in [-0.2, -0.15) is 0 Å². The van der Waals surface area contributed by atoms with Crippen molar-refractivity contribution in [2.75, 3.05) is 18.1 Å². The van der Waals surface area contributed by atoms with E-state index in [9.17, 15) is 5.11 Å². The zero-order chi connectivity index (χ0) is 14.7.